The zero-order valence-corrected chi connectivity index (χ0v) is 13.9. The minimum Gasteiger partial charge on any atom is -0.461 e. The number of ether oxygens (including phenoxy) is 1. The van der Waals surface area contributed by atoms with Gasteiger partial charge in [-0.25, -0.2) is 0 Å². The molecule has 1 aromatic rings. The zero-order valence-electron chi connectivity index (χ0n) is 13.1. The normalized spacial score (nSPS) is 27.0. The lowest BCUT2D eigenvalue weighted by atomic mass is 9.82. The first kappa shape index (κ1) is 17.3. The second kappa shape index (κ2) is 7.00. The molecule has 0 saturated carbocycles. The Hall–Kier alpha value is -2.08. The van der Waals surface area contributed by atoms with E-state index < -0.39 is 30.0 Å². The van der Waals surface area contributed by atoms with Gasteiger partial charge in [-0.2, -0.15) is 0 Å². The van der Waals surface area contributed by atoms with E-state index >= 15 is 0 Å². The molecule has 1 heterocycles. The van der Waals surface area contributed by atoms with Crippen molar-refractivity contribution in [2.75, 3.05) is 5.32 Å². The van der Waals surface area contributed by atoms with Gasteiger partial charge in [-0.05, 0) is 38.1 Å². The number of hydrogen-bond acceptors (Lipinski definition) is 4. The van der Waals surface area contributed by atoms with E-state index in [0.29, 0.717) is 10.7 Å². The first-order valence-electron chi connectivity index (χ1n) is 7.33. The summed E-state index contributed by atoms with van der Waals surface area (Å²) in [4.78, 5) is 35.9. The fourth-order valence-electron chi connectivity index (χ4n) is 2.70. The van der Waals surface area contributed by atoms with Gasteiger partial charge in [0.25, 0.3) is 0 Å². The third-order valence-corrected chi connectivity index (χ3v) is 4.14. The van der Waals surface area contributed by atoms with E-state index in [1.807, 2.05) is 0 Å². The van der Waals surface area contributed by atoms with Crippen LogP contribution in [0.5, 0.6) is 0 Å². The fraction of sp³-hybridized carbons (Fsp3) is 0.438. The monoisotopic (exact) mass is 338 g/mol. The molecule has 7 heteroatoms. The van der Waals surface area contributed by atoms with Crippen molar-refractivity contribution in [1.29, 1.82) is 0 Å². The van der Waals surface area contributed by atoms with E-state index in [1.54, 1.807) is 38.1 Å². The van der Waals surface area contributed by atoms with Gasteiger partial charge in [-0.15, -0.1) is 0 Å². The number of esters is 1. The Morgan fingerprint density at radius 2 is 1.78 bits per heavy atom. The van der Waals surface area contributed by atoms with Gasteiger partial charge in [0.2, 0.25) is 11.8 Å². The first-order valence-corrected chi connectivity index (χ1v) is 7.71. The molecule has 2 amide bonds. The lowest BCUT2D eigenvalue weighted by Crippen LogP contribution is -2.58. The molecular weight excluding hydrogens is 320 g/mol. The van der Waals surface area contributed by atoms with Crippen molar-refractivity contribution < 1.29 is 19.1 Å². The number of amides is 2. The van der Waals surface area contributed by atoms with Gasteiger partial charge in [0.05, 0.1) is 17.9 Å². The number of anilines is 1. The van der Waals surface area contributed by atoms with E-state index in [-0.39, 0.29) is 11.8 Å². The van der Waals surface area contributed by atoms with Crippen LogP contribution in [0.1, 0.15) is 20.8 Å². The number of nitrogens with one attached hydrogen (secondary N) is 2. The van der Waals surface area contributed by atoms with Gasteiger partial charge >= 0.3 is 5.97 Å². The van der Waals surface area contributed by atoms with Crippen LogP contribution in [0.4, 0.5) is 5.69 Å². The average molecular weight is 339 g/mol. The van der Waals surface area contributed by atoms with Crippen molar-refractivity contribution in [2.45, 2.75) is 32.9 Å². The van der Waals surface area contributed by atoms with Gasteiger partial charge < -0.3 is 15.4 Å². The quantitative estimate of drug-likeness (QED) is 0.825. The van der Waals surface area contributed by atoms with Crippen LogP contribution in [0.25, 0.3) is 0 Å². The Morgan fingerprint density at radius 1 is 1.17 bits per heavy atom. The van der Waals surface area contributed by atoms with E-state index in [1.165, 1.54) is 6.92 Å². The molecule has 2 rings (SSSR count). The van der Waals surface area contributed by atoms with E-state index in [0.717, 1.165) is 0 Å². The molecule has 0 aromatic heterocycles. The summed E-state index contributed by atoms with van der Waals surface area (Å²) in [7, 11) is 0. The fourth-order valence-corrected chi connectivity index (χ4v) is 2.82. The number of rotatable bonds is 3. The third kappa shape index (κ3) is 4.01. The van der Waals surface area contributed by atoms with Crippen LogP contribution >= 0.6 is 11.6 Å². The molecule has 1 aromatic carbocycles. The Bertz CT molecular complexity index is 617. The summed E-state index contributed by atoms with van der Waals surface area (Å²) in [5.41, 5.74) is 0.581. The van der Waals surface area contributed by atoms with E-state index in [4.69, 9.17) is 16.3 Å². The van der Waals surface area contributed by atoms with Crippen LogP contribution in [-0.2, 0) is 19.1 Å². The van der Waals surface area contributed by atoms with Crippen molar-refractivity contribution in [3.05, 3.63) is 29.3 Å². The summed E-state index contributed by atoms with van der Waals surface area (Å²) in [6.07, 6.45) is -0.636. The van der Waals surface area contributed by atoms with Crippen LogP contribution in [0.15, 0.2) is 24.3 Å². The number of benzene rings is 1. The Balaban J connectivity index is 2.21. The summed E-state index contributed by atoms with van der Waals surface area (Å²) in [6.45, 7) is 4.63. The van der Waals surface area contributed by atoms with Crippen LogP contribution < -0.4 is 10.6 Å². The van der Waals surface area contributed by atoms with Crippen molar-refractivity contribution in [3.8, 4) is 0 Å². The Morgan fingerprint density at radius 3 is 2.35 bits per heavy atom. The highest BCUT2D eigenvalue weighted by atomic mass is 35.5. The second-order valence-corrected chi connectivity index (χ2v) is 6.12. The Labute approximate surface area is 139 Å². The molecule has 1 fully saturated rings. The Kier molecular flexibility index (Phi) is 5.26. The maximum Gasteiger partial charge on any atom is 0.311 e. The third-order valence-electron chi connectivity index (χ3n) is 3.89. The zero-order chi connectivity index (χ0) is 17.1. The molecular formula is C16H19ClN2O4. The van der Waals surface area contributed by atoms with Gasteiger partial charge in [0.1, 0.15) is 6.10 Å². The summed E-state index contributed by atoms with van der Waals surface area (Å²) < 4.78 is 5.23. The highest BCUT2D eigenvalue weighted by Gasteiger charge is 2.46. The lowest BCUT2D eigenvalue weighted by molar-refractivity contribution is -0.168. The minimum absolute atomic E-state index is 0.298. The minimum atomic E-state index is -0.678. The summed E-state index contributed by atoms with van der Waals surface area (Å²) >= 11 is 5.82. The molecule has 4 atom stereocenters. The molecule has 1 saturated heterocycles. The van der Waals surface area contributed by atoms with E-state index in [9.17, 15) is 14.4 Å². The number of halogens is 1. The summed E-state index contributed by atoms with van der Waals surface area (Å²) in [6, 6.07) is 6.06. The first-order chi connectivity index (χ1) is 10.8. The number of carbonyl (C=O) groups excluding carboxylic acids is 3. The largest absolute Gasteiger partial charge is 0.461 e. The van der Waals surface area contributed by atoms with Crippen molar-refractivity contribution in [2.24, 2.45) is 11.8 Å². The predicted octanol–water partition coefficient (Wildman–Crippen LogP) is 1.98. The molecule has 6 nitrogen and oxygen atoms in total. The van der Waals surface area contributed by atoms with Crippen molar-refractivity contribution in [3.63, 3.8) is 0 Å². The highest BCUT2D eigenvalue weighted by molar-refractivity contribution is 6.30. The molecule has 2 N–H and O–H groups in total. The lowest BCUT2D eigenvalue weighted by Gasteiger charge is -2.38. The summed E-state index contributed by atoms with van der Waals surface area (Å²) in [5, 5.41) is 6.03. The molecule has 0 radical (unpaired) electrons. The molecule has 1 aliphatic rings. The van der Waals surface area contributed by atoms with Crippen LogP contribution in [-0.4, -0.2) is 29.9 Å². The van der Waals surface area contributed by atoms with Gasteiger partial charge in [0, 0.05) is 17.6 Å². The predicted molar refractivity (Wildman–Crippen MR) is 85.9 cm³/mol. The van der Waals surface area contributed by atoms with Crippen LogP contribution in [0.2, 0.25) is 5.02 Å². The molecule has 1 aliphatic heterocycles. The van der Waals surface area contributed by atoms with E-state index in [2.05, 4.69) is 10.6 Å². The smallest absolute Gasteiger partial charge is 0.311 e. The molecule has 4 unspecified atom stereocenters. The molecule has 124 valence electrons. The molecule has 23 heavy (non-hydrogen) atoms. The van der Waals surface area contributed by atoms with Gasteiger partial charge in [0.15, 0.2) is 0 Å². The van der Waals surface area contributed by atoms with Crippen molar-refractivity contribution in [1.82, 2.24) is 5.32 Å². The van der Waals surface area contributed by atoms with Crippen LogP contribution in [0, 0.1) is 11.8 Å². The van der Waals surface area contributed by atoms with Crippen LogP contribution in [0.3, 0.4) is 0 Å². The second-order valence-electron chi connectivity index (χ2n) is 5.68. The number of cyclic esters (lactones) is 1. The average Bonchev–Trinajstić information content (AvgIpc) is 2.46. The molecule has 0 aliphatic carbocycles. The number of carbonyl (C=O) groups is 3. The SMILES string of the molecule is CC(=O)NC1C(C)C(=O)OC(C)C1C(=O)Nc1ccc(Cl)cc1. The molecule has 0 spiro atoms. The summed E-state index contributed by atoms with van der Waals surface area (Å²) in [5.74, 6) is -2.32. The standard InChI is InChI=1S/C16H19ClN2O4/c1-8-14(18-10(3)20)13(9(2)23-16(8)22)15(21)19-12-6-4-11(17)5-7-12/h4-9,13-14H,1-3H3,(H,18,20)(H,19,21). The van der Waals surface area contributed by atoms with Crippen molar-refractivity contribution >= 4 is 35.1 Å². The number of hydrogen-bond donors (Lipinski definition) is 2. The maximum absolute atomic E-state index is 12.6. The molecule has 0 bridgehead atoms. The highest BCUT2D eigenvalue weighted by Crippen LogP contribution is 2.28. The topological polar surface area (TPSA) is 84.5 Å². The maximum atomic E-state index is 12.6. The van der Waals surface area contributed by atoms with Gasteiger partial charge in [-0.3, -0.25) is 14.4 Å². The van der Waals surface area contributed by atoms with Gasteiger partial charge in [-0.1, -0.05) is 11.6 Å².